The van der Waals surface area contributed by atoms with Crippen molar-refractivity contribution in [2.24, 2.45) is 0 Å². The molecule has 2 aliphatic rings. The molecule has 5 rings (SSSR count). The predicted molar refractivity (Wildman–Crippen MR) is 130 cm³/mol. The minimum absolute atomic E-state index is 0.0797. The first-order valence-corrected chi connectivity index (χ1v) is 11.8. The number of carbonyl (C=O) groups is 2. The molecule has 3 amide bonds. The van der Waals surface area contributed by atoms with Gasteiger partial charge in [-0.2, -0.15) is 0 Å². The molecule has 0 aliphatic carbocycles. The maximum atomic E-state index is 13.0. The second-order valence-electron chi connectivity index (χ2n) is 9.57. The van der Waals surface area contributed by atoms with Crippen molar-refractivity contribution in [2.75, 3.05) is 38.7 Å². The molecule has 3 N–H and O–H groups in total. The number of fused-ring (bicyclic) bond motifs is 4. The van der Waals surface area contributed by atoms with E-state index in [1.54, 1.807) is 37.7 Å². The Morgan fingerprint density at radius 2 is 2.06 bits per heavy atom. The maximum absolute atomic E-state index is 13.0. The summed E-state index contributed by atoms with van der Waals surface area (Å²) in [5.74, 6) is 1.23. The Morgan fingerprint density at radius 1 is 1.31 bits per heavy atom. The van der Waals surface area contributed by atoms with Gasteiger partial charge < -0.3 is 34.5 Å². The molecule has 1 saturated heterocycles. The Morgan fingerprint density at radius 3 is 2.66 bits per heavy atom. The number of nitrogens with one attached hydrogen (secondary N) is 2. The molecule has 0 bridgehead atoms. The van der Waals surface area contributed by atoms with Crippen LogP contribution in [0.25, 0.3) is 10.9 Å². The van der Waals surface area contributed by atoms with Crippen LogP contribution in [0, 0.1) is 13.8 Å². The van der Waals surface area contributed by atoms with Gasteiger partial charge in [-0.3, -0.25) is 4.79 Å². The molecule has 2 aliphatic heterocycles. The number of aromatic nitrogens is 2. The second-order valence-corrected chi connectivity index (χ2v) is 9.57. The molecular formula is C25H31N5O5. The van der Waals surface area contributed by atoms with Crippen molar-refractivity contribution >= 4 is 28.5 Å². The molecule has 1 fully saturated rings. The zero-order chi connectivity index (χ0) is 24.9. The fourth-order valence-electron chi connectivity index (χ4n) is 5.73. The lowest BCUT2D eigenvalue weighted by molar-refractivity contribution is -0.134. The number of H-pyrrole nitrogens is 1. The summed E-state index contributed by atoms with van der Waals surface area (Å²) < 4.78 is 10.6. The number of amides is 3. The summed E-state index contributed by atoms with van der Waals surface area (Å²) in [6.07, 6.45) is 1.38. The van der Waals surface area contributed by atoms with E-state index in [-0.39, 0.29) is 24.0 Å². The average molecular weight is 482 g/mol. The Balaban J connectivity index is 1.49. The summed E-state index contributed by atoms with van der Waals surface area (Å²) in [7, 11) is 1.63. The number of methoxy groups -OCH3 is 1. The summed E-state index contributed by atoms with van der Waals surface area (Å²) in [4.78, 5) is 32.7. The number of anilines is 1. The fourth-order valence-corrected chi connectivity index (χ4v) is 5.73. The SMILES string of the molecule is COc1ccc2c3c([nH]c2c1)[C@@H](CO)N(C(C)=O)CC31CCN(C(=O)Nc2c(C)noc2C)CC1. The van der Waals surface area contributed by atoms with Crippen molar-refractivity contribution in [2.45, 2.75) is 45.1 Å². The van der Waals surface area contributed by atoms with E-state index in [9.17, 15) is 14.7 Å². The molecule has 0 unspecified atom stereocenters. The van der Waals surface area contributed by atoms with Gasteiger partial charge in [-0.25, -0.2) is 4.79 Å². The van der Waals surface area contributed by atoms with Crippen LogP contribution < -0.4 is 10.1 Å². The van der Waals surface area contributed by atoms with Gasteiger partial charge in [0.1, 0.15) is 17.1 Å². The minimum Gasteiger partial charge on any atom is -0.497 e. The van der Waals surface area contributed by atoms with E-state index in [4.69, 9.17) is 9.26 Å². The summed E-state index contributed by atoms with van der Waals surface area (Å²) in [6, 6.07) is 5.29. The van der Waals surface area contributed by atoms with Crippen molar-refractivity contribution in [3.05, 3.63) is 40.9 Å². The standard InChI is InChI=1S/C25H31N5O5/c1-14-22(15(2)35-28-14)27-24(33)29-9-7-25(8-10-29)13-30(16(3)32)20(12-31)23-21(25)18-6-5-17(34-4)11-19(18)26-23/h5-6,11,20,26,31H,7-10,12-13H2,1-4H3,(H,27,33)/t20-/m1/s1. The van der Waals surface area contributed by atoms with Crippen LogP contribution in [0.5, 0.6) is 5.75 Å². The molecule has 186 valence electrons. The van der Waals surface area contributed by atoms with Crippen molar-refractivity contribution < 1.29 is 24.0 Å². The van der Waals surface area contributed by atoms with Crippen molar-refractivity contribution in [3.63, 3.8) is 0 Å². The van der Waals surface area contributed by atoms with Crippen LogP contribution >= 0.6 is 0 Å². The van der Waals surface area contributed by atoms with Crippen LogP contribution in [0.4, 0.5) is 10.5 Å². The van der Waals surface area contributed by atoms with E-state index >= 15 is 0 Å². The highest BCUT2D eigenvalue weighted by molar-refractivity contribution is 5.91. The molecule has 1 aromatic carbocycles. The second kappa shape index (κ2) is 8.60. The number of hydrogen-bond donors (Lipinski definition) is 3. The minimum atomic E-state index is -0.438. The Hall–Kier alpha value is -3.53. The van der Waals surface area contributed by atoms with Crippen LogP contribution in [-0.4, -0.2) is 70.3 Å². The molecular weight excluding hydrogens is 450 g/mol. The largest absolute Gasteiger partial charge is 0.497 e. The lowest BCUT2D eigenvalue weighted by atomic mass is 9.68. The highest BCUT2D eigenvalue weighted by Gasteiger charge is 2.48. The summed E-state index contributed by atoms with van der Waals surface area (Å²) in [5.41, 5.74) is 3.83. The highest BCUT2D eigenvalue weighted by Crippen LogP contribution is 2.49. The number of aliphatic hydroxyl groups is 1. The Labute approximate surface area is 203 Å². The first-order chi connectivity index (χ1) is 16.8. The number of ether oxygens (including phenoxy) is 1. The van der Waals surface area contributed by atoms with Crippen LogP contribution in [-0.2, 0) is 10.2 Å². The van der Waals surface area contributed by atoms with Gasteiger partial charge in [-0.05, 0) is 44.4 Å². The molecule has 3 aromatic rings. The Bertz CT molecular complexity index is 1270. The van der Waals surface area contributed by atoms with Gasteiger partial charge in [0.2, 0.25) is 5.91 Å². The quantitative estimate of drug-likeness (QED) is 0.528. The van der Waals surface area contributed by atoms with Crippen LogP contribution in [0.3, 0.4) is 0 Å². The van der Waals surface area contributed by atoms with E-state index in [0.717, 1.165) is 27.9 Å². The van der Waals surface area contributed by atoms with E-state index in [1.807, 2.05) is 18.2 Å². The van der Waals surface area contributed by atoms with Crippen LogP contribution in [0.15, 0.2) is 22.7 Å². The third-order valence-corrected chi connectivity index (χ3v) is 7.60. The Kier molecular flexibility index (Phi) is 5.71. The third kappa shape index (κ3) is 3.72. The zero-order valence-electron chi connectivity index (χ0n) is 20.5. The first-order valence-electron chi connectivity index (χ1n) is 11.8. The summed E-state index contributed by atoms with van der Waals surface area (Å²) in [5, 5.41) is 18.1. The van der Waals surface area contributed by atoms with Gasteiger partial charge in [0.25, 0.3) is 0 Å². The normalized spacial score (nSPS) is 19.2. The number of nitrogens with zero attached hydrogens (tertiary/aromatic N) is 3. The number of piperidine rings is 1. The van der Waals surface area contributed by atoms with Crippen molar-refractivity contribution in [1.82, 2.24) is 19.9 Å². The number of likely N-dealkylation sites (tertiary alicyclic amines) is 1. The number of aryl methyl sites for hydroxylation is 2. The van der Waals surface area contributed by atoms with Gasteiger partial charge in [0.05, 0.1) is 19.8 Å². The molecule has 0 saturated carbocycles. The number of urea groups is 1. The lowest BCUT2D eigenvalue weighted by Gasteiger charge is -2.50. The number of aliphatic hydroxyl groups excluding tert-OH is 1. The number of aromatic amines is 1. The average Bonchev–Trinajstić information content (AvgIpc) is 3.39. The molecule has 10 heteroatoms. The molecule has 2 aromatic heterocycles. The molecule has 0 radical (unpaired) electrons. The van der Waals surface area contributed by atoms with E-state index < -0.39 is 6.04 Å². The van der Waals surface area contributed by atoms with Gasteiger partial charge >= 0.3 is 6.03 Å². The summed E-state index contributed by atoms with van der Waals surface area (Å²) >= 11 is 0. The van der Waals surface area contributed by atoms with Gasteiger partial charge in [0, 0.05) is 54.6 Å². The number of carbonyl (C=O) groups excluding carboxylic acids is 2. The van der Waals surface area contributed by atoms with Gasteiger partial charge in [-0.1, -0.05) is 5.16 Å². The van der Waals surface area contributed by atoms with E-state index in [1.165, 1.54) is 0 Å². The first kappa shape index (κ1) is 23.2. The number of rotatable bonds is 3. The number of hydrogen-bond acceptors (Lipinski definition) is 6. The lowest BCUT2D eigenvalue weighted by Crippen LogP contribution is -2.55. The molecule has 35 heavy (non-hydrogen) atoms. The van der Waals surface area contributed by atoms with E-state index in [0.29, 0.717) is 49.6 Å². The predicted octanol–water partition coefficient (Wildman–Crippen LogP) is 3.24. The molecule has 4 heterocycles. The monoisotopic (exact) mass is 481 g/mol. The topological polar surface area (TPSA) is 124 Å². The van der Waals surface area contributed by atoms with Crippen molar-refractivity contribution in [1.29, 1.82) is 0 Å². The van der Waals surface area contributed by atoms with Crippen LogP contribution in [0.1, 0.15) is 48.5 Å². The summed E-state index contributed by atoms with van der Waals surface area (Å²) in [6.45, 7) is 6.50. The molecule has 1 spiro atoms. The third-order valence-electron chi connectivity index (χ3n) is 7.60. The zero-order valence-corrected chi connectivity index (χ0v) is 20.5. The van der Waals surface area contributed by atoms with Gasteiger partial charge in [0.15, 0.2) is 5.76 Å². The van der Waals surface area contributed by atoms with E-state index in [2.05, 4.69) is 15.5 Å². The van der Waals surface area contributed by atoms with Gasteiger partial charge in [-0.15, -0.1) is 0 Å². The molecule has 10 nitrogen and oxygen atoms in total. The van der Waals surface area contributed by atoms with Crippen molar-refractivity contribution in [3.8, 4) is 5.75 Å². The molecule has 1 atom stereocenters. The number of benzene rings is 1. The highest BCUT2D eigenvalue weighted by atomic mass is 16.5. The maximum Gasteiger partial charge on any atom is 0.321 e. The van der Waals surface area contributed by atoms with Crippen LogP contribution in [0.2, 0.25) is 0 Å². The smallest absolute Gasteiger partial charge is 0.321 e. The fraction of sp³-hybridized carbons (Fsp3) is 0.480.